The van der Waals surface area contributed by atoms with Crippen LogP contribution in [-0.2, 0) is 6.42 Å². The van der Waals surface area contributed by atoms with Crippen LogP contribution in [0.2, 0.25) is 0 Å². The van der Waals surface area contributed by atoms with E-state index in [4.69, 9.17) is 5.73 Å². The molecular weight excluding hydrogens is 331 g/mol. The third kappa shape index (κ3) is 3.22. The van der Waals surface area contributed by atoms with Gasteiger partial charge in [0.25, 0.3) is 0 Å². The van der Waals surface area contributed by atoms with E-state index in [0.717, 1.165) is 11.6 Å². The lowest BCUT2D eigenvalue weighted by atomic mass is 9.97. The molecule has 2 N–H and O–H groups in total. The highest BCUT2D eigenvalue weighted by Crippen LogP contribution is 2.24. The number of halogens is 4. The van der Waals surface area contributed by atoms with Gasteiger partial charge in [-0.05, 0) is 58.6 Å². The van der Waals surface area contributed by atoms with Crippen molar-refractivity contribution in [2.24, 2.45) is 5.73 Å². The van der Waals surface area contributed by atoms with E-state index in [-0.39, 0.29) is 11.4 Å². The van der Waals surface area contributed by atoms with E-state index in [1.807, 2.05) is 0 Å². The summed E-state index contributed by atoms with van der Waals surface area (Å²) < 4.78 is 40.4. The van der Waals surface area contributed by atoms with Crippen molar-refractivity contribution in [1.29, 1.82) is 0 Å². The van der Waals surface area contributed by atoms with Gasteiger partial charge in [0.2, 0.25) is 0 Å². The van der Waals surface area contributed by atoms with Crippen molar-refractivity contribution < 1.29 is 13.2 Å². The summed E-state index contributed by atoms with van der Waals surface area (Å²) in [5.74, 6) is -1.63. The topological polar surface area (TPSA) is 26.0 Å². The van der Waals surface area contributed by atoms with Crippen LogP contribution in [0.5, 0.6) is 0 Å². The Morgan fingerprint density at radius 1 is 1.05 bits per heavy atom. The first-order valence-corrected chi connectivity index (χ1v) is 6.83. The summed E-state index contributed by atoms with van der Waals surface area (Å²) >= 11 is 3.09. The Morgan fingerprint density at radius 3 is 2.40 bits per heavy atom. The highest BCUT2D eigenvalue weighted by molar-refractivity contribution is 9.10. The summed E-state index contributed by atoms with van der Waals surface area (Å²) in [5, 5.41) is 0. The van der Waals surface area contributed by atoms with Crippen molar-refractivity contribution in [2.45, 2.75) is 19.4 Å². The maximum atomic E-state index is 13.7. The zero-order chi connectivity index (χ0) is 14.9. The number of hydrogen-bond donors (Lipinski definition) is 1. The number of hydrogen-bond acceptors (Lipinski definition) is 1. The molecule has 0 bridgehead atoms. The average Bonchev–Trinajstić information content (AvgIpc) is 2.38. The molecule has 106 valence electrons. The Morgan fingerprint density at radius 2 is 1.75 bits per heavy atom. The van der Waals surface area contributed by atoms with Crippen molar-refractivity contribution >= 4 is 15.9 Å². The van der Waals surface area contributed by atoms with E-state index in [9.17, 15) is 13.2 Å². The first kappa shape index (κ1) is 15.1. The van der Waals surface area contributed by atoms with E-state index in [1.165, 1.54) is 12.1 Å². The molecule has 0 aliphatic heterocycles. The second-order valence-corrected chi connectivity index (χ2v) is 5.54. The quantitative estimate of drug-likeness (QED) is 0.877. The van der Waals surface area contributed by atoms with E-state index in [1.54, 1.807) is 19.1 Å². The van der Waals surface area contributed by atoms with E-state index < -0.39 is 17.7 Å². The number of rotatable bonds is 3. The Hall–Kier alpha value is -1.33. The van der Waals surface area contributed by atoms with E-state index in [0.29, 0.717) is 16.5 Å². The van der Waals surface area contributed by atoms with Gasteiger partial charge >= 0.3 is 0 Å². The molecule has 0 aromatic heterocycles. The fraction of sp³-hybridized carbons (Fsp3) is 0.200. The van der Waals surface area contributed by atoms with Crippen LogP contribution in [0.25, 0.3) is 0 Å². The summed E-state index contributed by atoms with van der Waals surface area (Å²) in [7, 11) is 0. The number of nitrogens with two attached hydrogens (primary N) is 1. The fourth-order valence-corrected chi connectivity index (χ4v) is 2.42. The third-order valence-electron chi connectivity index (χ3n) is 3.12. The molecule has 1 nitrogen and oxygen atoms in total. The molecule has 0 saturated carbocycles. The molecule has 1 unspecified atom stereocenters. The molecule has 0 aliphatic carbocycles. The van der Waals surface area contributed by atoms with Gasteiger partial charge in [-0.15, -0.1) is 0 Å². The molecule has 0 fully saturated rings. The second-order valence-electron chi connectivity index (χ2n) is 4.68. The molecule has 2 aromatic rings. The predicted molar refractivity (Wildman–Crippen MR) is 75.8 cm³/mol. The maximum absolute atomic E-state index is 13.7. The SMILES string of the molecule is Cc1cc(C(N)Cc2ccc(F)c(Br)c2)c(F)cc1F. The van der Waals surface area contributed by atoms with Crippen LogP contribution in [0.15, 0.2) is 34.8 Å². The first-order valence-electron chi connectivity index (χ1n) is 6.03. The minimum atomic E-state index is -0.665. The zero-order valence-electron chi connectivity index (χ0n) is 10.8. The van der Waals surface area contributed by atoms with Crippen molar-refractivity contribution in [1.82, 2.24) is 0 Å². The van der Waals surface area contributed by atoms with Gasteiger partial charge in [-0.1, -0.05) is 6.07 Å². The van der Waals surface area contributed by atoms with Gasteiger partial charge in [-0.3, -0.25) is 0 Å². The lowest BCUT2D eigenvalue weighted by molar-refractivity contribution is 0.549. The van der Waals surface area contributed by atoms with E-state index >= 15 is 0 Å². The Kier molecular flexibility index (Phi) is 4.50. The van der Waals surface area contributed by atoms with Gasteiger partial charge in [0.05, 0.1) is 4.47 Å². The van der Waals surface area contributed by atoms with Gasteiger partial charge in [0.15, 0.2) is 0 Å². The summed E-state index contributed by atoms with van der Waals surface area (Å²) in [6.45, 7) is 1.56. The monoisotopic (exact) mass is 343 g/mol. The van der Waals surface area contributed by atoms with Crippen LogP contribution in [0, 0.1) is 24.4 Å². The summed E-state index contributed by atoms with van der Waals surface area (Å²) in [6.07, 6.45) is 0.334. The highest BCUT2D eigenvalue weighted by Gasteiger charge is 2.15. The van der Waals surface area contributed by atoms with Crippen LogP contribution in [0.3, 0.4) is 0 Å². The molecule has 0 aliphatic rings. The normalized spacial score (nSPS) is 12.5. The van der Waals surface area contributed by atoms with Crippen molar-refractivity contribution in [3.05, 3.63) is 68.9 Å². The summed E-state index contributed by atoms with van der Waals surface area (Å²) in [5.41, 5.74) is 7.33. The number of benzene rings is 2. The molecule has 2 aromatic carbocycles. The fourth-order valence-electron chi connectivity index (χ4n) is 1.99. The molecule has 20 heavy (non-hydrogen) atoms. The van der Waals surface area contributed by atoms with Gasteiger partial charge < -0.3 is 5.73 Å². The van der Waals surface area contributed by atoms with Crippen LogP contribution < -0.4 is 5.73 Å². The first-order chi connectivity index (χ1) is 9.38. The Bertz CT molecular complexity index is 643. The third-order valence-corrected chi connectivity index (χ3v) is 3.72. The lowest BCUT2D eigenvalue weighted by Gasteiger charge is -2.14. The maximum Gasteiger partial charge on any atom is 0.137 e. The van der Waals surface area contributed by atoms with E-state index in [2.05, 4.69) is 15.9 Å². The van der Waals surface area contributed by atoms with Crippen molar-refractivity contribution in [2.75, 3.05) is 0 Å². The molecule has 2 rings (SSSR count). The Balaban J connectivity index is 2.25. The summed E-state index contributed by atoms with van der Waals surface area (Å²) in [6, 6.07) is 6.14. The largest absolute Gasteiger partial charge is 0.324 e. The summed E-state index contributed by atoms with van der Waals surface area (Å²) in [4.78, 5) is 0. The molecule has 1 atom stereocenters. The lowest BCUT2D eigenvalue weighted by Crippen LogP contribution is -2.15. The molecular formula is C15H13BrF3N. The minimum absolute atomic E-state index is 0.254. The smallest absolute Gasteiger partial charge is 0.137 e. The van der Waals surface area contributed by atoms with Gasteiger partial charge in [0, 0.05) is 17.7 Å². The van der Waals surface area contributed by atoms with Crippen LogP contribution in [0.4, 0.5) is 13.2 Å². The zero-order valence-corrected chi connectivity index (χ0v) is 12.3. The predicted octanol–water partition coefficient (Wildman–Crippen LogP) is 4.42. The standard InChI is InChI=1S/C15H13BrF3N/c1-8-4-10(14(19)7-13(8)18)15(20)6-9-2-3-12(17)11(16)5-9/h2-5,7,15H,6,20H2,1H3. The van der Waals surface area contributed by atoms with Crippen LogP contribution in [-0.4, -0.2) is 0 Å². The molecule has 0 amide bonds. The molecule has 0 spiro atoms. The minimum Gasteiger partial charge on any atom is -0.324 e. The molecule has 0 saturated heterocycles. The molecule has 0 heterocycles. The van der Waals surface area contributed by atoms with Gasteiger partial charge in [0.1, 0.15) is 17.5 Å². The van der Waals surface area contributed by atoms with Crippen LogP contribution in [0.1, 0.15) is 22.7 Å². The second kappa shape index (κ2) is 5.97. The highest BCUT2D eigenvalue weighted by atomic mass is 79.9. The van der Waals surface area contributed by atoms with Crippen LogP contribution >= 0.6 is 15.9 Å². The van der Waals surface area contributed by atoms with Crippen molar-refractivity contribution in [3.8, 4) is 0 Å². The molecule has 0 radical (unpaired) electrons. The van der Waals surface area contributed by atoms with Gasteiger partial charge in [-0.25, -0.2) is 13.2 Å². The van der Waals surface area contributed by atoms with Crippen molar-refractivity contribution in [3.63, 3.8) is 0 Å². The Labute approximate surface area is 123 Å². The van der Waals surface area contributed by atoms with Gasteiger partial charge in [-0.2, -0.15) is 0 Å². The molecule has 5 heteroatoms. The average molecular weight is 344 g/mol. The number of aryl methyl sites for hydroxylation is 1.